The van der Waals surface area contributed by atoms with Gasteiger partial charge in [-0.15, -0.1) is 10.2 Å². The van der Waals surface area contributed by atoms with Crippen LogP contribution in [-0.2, 0) is 22.3 Å². The number of nitrogens with two attached hydrogens (primary N) is 1. The van der Waals surface area contributed by atoms with Crippen molar-refractivity contribution in [2.24, 2.45) is 5.92 Å². The molecule has 2 fully saturated rings. The van der Waals surface area contributed by atoms with E-state index in [1.165, 1.54) is 12.1 Å². The maximum Gasteiger partial charge on any atom is 0.490 e. The second-order valence-electron chi connectivity index (χ2n) is 12.8. The van der Waals surface area contributed by atoms with Crippen LogP contribution in [0.25, 0.3) is 22.6 Å². The molecule has 6 rings (SSSR count). The number of carbonyl (C=O) groups is 4. The second-order valence-corrected chi connectivity index (χ2v) is 13.2. The fraction of sp³-hybridized carbons (Fsp3) is 0.394. The molecule has 2 saturated heterocycles. The number of hydrogen-bond donors (Lipinski definition) is 5. The molecule has 3 aromatic heterocycles. The number of H-pyrrole nitrogens is 2. The van der Waals surface area contributed by atoms with Crippen LogP contribution in [0.5, 0.6) is 0 Å². The third-order valence-electron chi connectivity index (χ3n) is 8.94. The molecular weight excluding hydrogens is 780 g/mol. The molecule has 6 N–H and O–H groups in total. The summed E-state index contributed by atoms with van der Waals surface area (Å²) in [5, 5.41) is 23.3. The summed E-state index contributed by atoms with van der Waals surface area (Å²) in [5.74, 6) is -3.69. The first kappa shape index (κ1) is 41.4. The van der Waals surface area contributed by atoms with Crippen molar-refractivity contribution >= 4 is 41.1 Å². The number of aromatic amines is 2. The molecule has 0 saturated carbocycles. The number of piperidine rings is 1. The minimum absolute atomic E-state index is 0.00735. The number of benzene rings is 1. The van der Waals surface area contributed by atoms with Gasteiger partial charge in [-0.1, -0.05) is 17.7 Å². The number of nitrogens with one attached hydrogen (secondary N) is 3. The van der Waals surface area contributed by atoms with Gasteiger partial charge in [-0.2, -0.15) is 31.4 Å². The molecule has 5 heterocycles. The van der Waals surface area contributed by atoms with E-state index in [2.05, 4.69) is 47.6 Å². The number of alkyl halides is 6. The fourth-order valence-electron chi connectivity index (χ4n) is 5.96. The first-order valence-corrected chi connectivity index (χ1v) is 17.1. The lowest BCUT2D eigenvalue weighted by Gasteiger charge is -2.38. The fourth-order valence-corrected chi connectivity index (χ4v) is 6.24. The molecule has 0 radical (unpaired) electrons. The monoisotopic (exact) mass is 813 g/mol. The van der Waals surface area contributed by atoms with Crippen LogP contribution in [0.2, 0.25) is 5.02 Å². The third kappa shape index (κ3) is 9.90. The summed E-state index contributed by atoms with van der Waals surface area (Å²) in [6, 6.07) is 7.54. The molecule has 16 nitrogen and oxygen atoms in total. The van der Waals surface area contributed by atoms with Crippen molar-refractivity contribution < 1.29 is 50.6 Å². The number of carboxylic acids is 1. The maximum atomic E-state index is 13.8. The number of anilines is 1. The van der Waals surface area contributed by atoms with Crippen LogP contribution >= 0.6 is 11.6 Å². The minimum Gasteiger partial charge on any atom is -0.475 e. The number of imidazole rings is 1. The molecule has 3 amide bonds. The second kappa shape index (κ2) is 16.9. The van der Waals surface area contributed by atoms with Crippen molar-refractivity contribution in [3.8, 4) is 22.6 Å². The predicted molar refractivity (Wildman–Crippen MR) is 186 cm³/mol. The summed E-state index contributed by atoms with van der Waals surface area (Å²) >= 11 is 6.49. The highest BCUT2D eigenvalue weighted by Gasteiger charge is 2.40. The molecule has 0 spiro atoms. The molecule has 2 aliphatic heterocycles. The van der Waals surface area contributed by atoms with Gasteiger partial charge in [-0.05, 0) is 62.8 Å². The molecule has 56 heavy (non-hydrogen) atoms. The number of aromatic nitrogens is 6. The predicted octanol–water partition coefficient (Wildman–Crippen LogP) is 3.70. The van der Waals surface area contributed by atoms with Crippen molar-refractivity contribution in [1.29, 1.82) is 0 Å². The summed E-state index contributed by atoms with van der Waals surface area (Å²) in [4.78, 5) is 60.4. The van der Waals surface area contributed by atoms with E-state index in [1.54, 1.807) is 23.1 Å². The Bertz CT molecular complexity index is 2060. The minimum atomic E-state index is -5.08. The van der Waals surface area contributed by atoms with Gasteiger partial charge in [0.2, 0.25) is 5.91 Å². The van der Waals surface area contributed by atoms with Crippen LogP contribution < -0.4 is 11.1 Å². The summed E-state index contributed by atoms with van der Waals surface area (Å²) in [6.45, 7) is 3.51. The summed E-state index contributed by atoms with van der Waals surface area (Å²) in [5.41, 5.74) is 4.63. The van der Waals surface area contributed by atoms with Crippen molar-refractivity contribution in [3.63, 3.8) is 0 Å². The molecule has 23 heteroatoms. The zero-order valence-electron chi connectivity index (χ0n) is 29.3. The molecule has 4 aromatic rings. The van der Waals surface area contributed by atoms with Crippen LogP contribution in [0.3, 0.4) is 0 Å². The summed E-state index contributed by atoms with van der Waals surface area (Å²) < 4.78 is 73.2. The van der Waals surface area contributed by atoms with Gasteiger partial charge in [-0.25, -0.2) is 9.78 Å². The SMILES string of the molecule is CN1CCC(C(=O)N2CCN(C(=O)c3ccc(CNC(=O)c4ncc(-c5c(C(F)(F)F)n[nH]c5-c5ccc(N)nn5)[nH]4)cc3Cl)CC2)CC1.O=C(O)C(F)(F)F. The van der Waals surface area contributed by atoms with E-state index in [4.69, 9.17) is 27.2 Å². The number of carboxylic acid groups (broad SMARTS) is 1. The van der Waals surface area contributed by atoms with Gasteiger partial charge in [-0.3, -0.25) is 19.5 Å². The van der Waals surface area contributed by atoms with Gasteiger partial charge in [0.15, 0.2) is 11.5 Å². The first-order valence-electron chi connectivity index (χ1n) is 16.8. The number of piperazine rings is 1. The van der Waals surface area contributed by atoms with E-state index in [0.717, 1.165) is 32.1 Å². The molecule has 0 unspecified atom stereocenters. The largest absolute Gasteiger partial charge is 0.490 e. The Balaban J connectivity index is 0.000000784. The van der Waals surface area contributed by atoms with Gasteiger partial charge in [0.25, 0.3) is 11.8 Å². The number of carbonyl (C=O) groups excluding carboxylic acids is 3. The van der Waals surface area contributed by atoms with Gasteiger partial charge < -0.3 is 35.8 Å². The lowest BCUT2D eigenvalue weighted by Crippen LogP contribution is -2.52. The normalized spacial score (nSPS) is 15.6. The highest BCUT2D eigenvalue weighted by atomic mass is 35.5. The maximum absolute atomic E-state index is 13.8. The van der Waals surface area contributed by atoms with Gasteiger partial charge in [0.05, 0.1) is 33.7 Å². The highest BCUT2D eigenvalue weighted by molar-refractivity contribution is 6.33. The standard InChI is InChI=1S/C31H33ClF3N11O3.C2HF3O2/c1-44-8-6-18(7-9-44)29(48)45-10-12-46(13-11-45)30(49)19-3-2-17(14-20(19)32)15-38-28(47)27-37-16-22(39-27)24-25(21-4-5-23(36)41-40-21)42-43-26(24)31(33,34)35;3-2(4,5)1(6)7/h2-5,14,16,18H,6-13,15H2,1H3,(H2,36,41)(H,37,39)(H,38,47)(H,42,43);(H,6,7). The quantitative estimate of drug-likeness (QED) is 0.170. The van der Waals surface area contributed by atoms with Crippen molar-refractivity contribution in [3.05, 3.63) is 64.2 Å². The molecule has 2 aliphatic rings. The topological polar surface area (TPSA) is 219 Å². The lowest BCUT2D eigenvalue weighted by atomic mass is 9.95. The Hall–Kier alpha value is -5.77. The van der Waals surface area contributed by atoms with Gasteiger partial charge >= 0.3 is 18.3 Å². The van der Waals surface area contributed by atoms with E-state index in [0.29, 0.717) is 37.3 Å². The van der Waals surface area contributed by atoms with Crippen molar-refractivity contribution in [2.75, 3.05) is 52.0 Å². The number of aliphatic carboxylic acids is 1. The van der Waals surface area contributed by atoms with E-state index < -0.39 is 35.5 Å². The lowest BCUT2D eigenvalue weighted by molar-refractivity contribution is -0.192. The van der Waals surface area contributed by atoms with Crippen LogP contribution in [0, 0.1) is 5.92 Å². The van der Waals surface area contributed by atoms with Crippen molar-refractivity contribution in [2.45, 2.75) is 31.7 Å². The Labute approximate surface area is 318 Å². The van der Waals surface area contributed by atoms with E-state index in [1.807, 2.05) is 4.90 Å². The van der Waals surface area contributed by atoms with Gasteiger partial charge in [0, 0.05) is 38.6 Å². The number of hydrogen-bond acceptors (Lipinski definition) is 10. The Morgan fingerprint density at radius 1 is 0.964 bits per heavy atom. The number of rotatable bonds is 7. The zero-order valence-corrected chi connectivity index (χ0v) is 30.1. The number of halogens is 7. The number of amides is 3. The van der Waals surface area contributed by atoms with E-state index in [-0.39, 0.29) is 58.0 Å². The number of nitrogen functional groups attached to an aromatic ring is 1. The van der Waals surface area contributed by atoms with Crippen LogP contribution in [0.4, 0.5) is 32.2 Å². The molecule has 0 aliphatic carbocycles. The Morgan fingerprint density at radius 3 is 2.18 bits per heavy atom. The zero-order chi connectivity index (χ0) is 40.9. The average Bonchev–Trinajstić information content (AvgIpc) is 3.83. The van der Waals surface area contributed by atoms with Crippen LogP contribution in [0.1, 0.15) is 45.1 Å². The number of nitrogens with zero attached hydrogens (tertiary/aromatic N) is 7. The van der Waals surface area contributed by atoms with Crippen molar-refractivity contribution in [1.82, 2.24) is 50.4 Å². The number of likely N-dealkylation sites (tertiary alicyclic amines) is 1. The Morgan fingerprint density at radius 2 is 1.61 bits per heavy atom. The third-order valence-corrected chi connectivity index (χ3v) is 9.25. The summed E-state index contributed by atoms with van der Waals surface area (Å²) in [7, 11) is 2.05. The van der Waals surface area contributed by atoms with Crippen LogP contribution in [-0.4, -0.2) is 126 Å². The van der Waals surface area contributed by atoms with Crippen LogP contribution in [0.15, 0.2) is 36.5 Å². The molecule has 0 bridgehead atoms. The van der Waals surface area contributed by atoms with Gasteiger partial charge in [0.1, 0.15) is 11.5 Å². The average molecular weight is 814 g/mol. The van der Waals surface area contributed by atoms with E-state index in [9.17, 15) is 40.7 Å². The summed E-state index contributed by atoms with van der Waals surface area (Å²) in [6.07, 6.45) is -7.14. The Kier molecular flexibility index (Phi) is 12.5. The smallest absolute Gasteiger partial charge is 0.475 e. The molecular formula is C33H34ClF6N11O5. The molecule has 1 aromatic carbocycles. The first-order chi connectivity index (χ1) is 26.3. The highest BCUT2D eigenvalue weighted by Crippen LogP contribution is 2.40. The molecule has 0 atom stereocenters. The molecule has 300 valence electrons. The van der Waals surface area contributed by atoms with E-state index >= 15 is 0 Å².